The Balaban J connectivity index is 2.19. The molecule has 2 rings (SSSR count). The van der Waals surface area contributed by atoms with Crippen molar-refractivity contribution in [3.63, 3.8) is 0 Å². The summed E-state index contributed by atoms with van der Waals surface area (Å²) < 4.78 is 6.33. The molecule has 1 N–H and O–H groups in total. The number of nitro groups is 1. The van der Waals surface area contributed by atoms with Gasteiger partial charge in [0.05, 0.1) is 15.5 Å². The lowest BCUT2D eigenvalue weighted by atomic mass is 10.1. The lowest BCUT2D eigenvalue weighted by molar-refractivity contribution is -0.384. The van der Waals surface area contributed by atoms with Crippen LogP contribution in [0.2, 0.25) is 0 Å². The van der Waals surface area contributed by atoms with E-state index in [9.17, 15) is 15.2 Å². The monoisotopic (exact) mass is 337 g/mol. The molecule has 0 aliphatic rings. The Kier molecular flexibility index (Phi) is 4.36. The van der Waals surface area contributed by atoms with Crippen molar-refractivity contribution in [2.45, 2.75) is 13.0 Å². The quantitative estimate of drug-likeness (QED) is 0.670. The maximum atomic E-state index is 10.6. The zero-order valence-electron chi connectivity index (χ0n) is 10.6. The van der Waals surface area contributed by atoms with E-state index < -0.39 is 11.0 Å². The smallest absolute Gasteiger partial charge is 0.269 e. The van der Waals surface area contributed by atoms with E-state index in [0.717, 1.165) is 5.56 Å². The van der Waals surface area contributed by atoms with Gasteiger partial charge < -0.3 is 9.84 Å². The highest BCUT2D eigenvalue weighted by Gasteiger charge is 2.09. The lowest BCUT2D eigenvalue weighted by Gasteiger charge is -2.10. The molecular weight excluding hydrogens is 326 g/mol. The van der Waals surface area contributed by atoms with E-state index in [4.69, 9.17) is 4.74 Å². The number of hydrogen-bond donors (Lipinski definition) is 1. The molecule has 0 radical (unpaired) electrons. The molecule has 0 aliphatic carbocycles. The minimum atomic E-state index is -0.556. The summed E-state index contributed by atoms with van der Waals surface area (Å²) in [5.41, 5.74) is 0.786. The fraction of sp³-hybridized carbons (Fsp3) is 0.143. The standard InChI is InChI=1S/C14H12BrNO4/c1-9(17)10-2-7-14(13(15)8-10)20-12-5-3-11(4-6-12)16(18)19/h2-9,17H,1H3/t9-/m1/s1. The highest BCUT2D eigenvalue weighted by Crippen LogP contribution is 2.32. The molecule has 5 nitrogen and oxygen atoms in total. The molecule has 0 aromatic heterocycles. The van der Waals surface area contributed by atoms with Crippen LogP contribution in [0.4, 0.5) is 5.69 Å². The number of aliphatic hydroxyl groups excluding tert-OH is 1. The molecule has 2 aromatic rings. The number of non-ortho nitro benzene ring substituents is 1. The fourth-order valence-electron chi connectivity index (χ4n) is 1.62. The van der Waals surface area contributed by atoms with Crippen molar-refractivity contribution in [1.82, 2.24) is 0 Å². The molecule has 2 aromatic carbocycles. The molecule has 0 saturated carbocycles. The Morgan fingerprint density at radius 2 is 1.90 bits per heavy atom. The lowest BCUT2D eigenvalue weighted by Crippen LogP contribution is -1.93. The molecule has 0 saturated heterocycles. The van der Waals surface area contributed by atoms with Crippen LogP contribution in [-0.2, 0) is 0 Å². The molecular formula is C14H12BrNO4. The van der Waals surface area contributed by atoms with Gasteiger partial charge in [0.1, 0.15) is 11.5 Å². The third kappa shape index (κ3) is 3.34. The van der Waals surface area contributed by atoms with E-state index in [1.54, 1.807) is 25.1 Å². The van der Waals surface area contributed by atoms with Crippen LogP contribution in [0.3, 0.4) is 0 Å². The summed E-state index contributed by atoms with van der Waals surface area (Å²) in [5.74, 6) is 1.07. The van der Waals surface area contributed by atoms with E-state index in [0.29, 0.717) is 16.0 Å². The van der Waals surface area contributed by atoms with Gasteiger partial charge in [0.25, 0.3) is 5.69 Å². The van der Waals surface area contributed by atoms with Gasteiger partial charge in [-0.25, -0.2) is 0 Å². The van der Waals surface area contributed by atoms with Gasteiger partial charge in [0, 0.05) is 12.1 Å². The van der Waals surface area contributed by atoms with Gasteiger partial charge >= 0.3 is 0 Å². The molecule has 0 heterocycles. The van der Waals surface area contributed by atoms with Crippen LogP contribution in [-0.4, -0.2) is 10.0 Å². The van der Waals surface area contributed by atoms with Gasteiger partial charge in [-0.1, -0.05) is 6.07 Å². The normalized spacial score (nSPS) is 11.9. The van der Waals surface area contributed by atoms with Gasteiger partial charge in [-0.15, -0.1) is 0 Å². The number of rotatable bonds is 4. The summed E-state index contributed by atoms with van der Waals surface area (Å²) in [6.45, 7) is 1.68. The van der Waals surface area contributed by atoms with E-state index in [1.807, 2.05) is 0 Å². The molecule has 0 spiro atoms. The number of aliphatic hydroxyl groups is 1. The minimum absolute atomic E-state index is 0.0147. The summed E-state index contributed by atoms with van der Waals surface area (Å²) >= 11 is 3.37. The number of nitrogens with zero attached hydrogens (tertiary/aromatic N) is 1. The first-order chi connectivity index (χ1) is 9.47. The Bertz CT molecular complexity index is 626. The van der Waals surface area contributed by atoms with Crippen molar-refractivity contribution in [3.05, 3.63) is 62.6 Å². The van der Waals surface area contributed by atoms with Gasteiger partial charge in [0.15, 0.2) is 0 Å². The number of benzene rings is 2. The second kappa shape index (κ2) is 6.02. The maximum Gasteiger partial charge on any atom is 0.269 e. The van der Waals surface area contributed by atoms with Crippen molar-refractivity contribution in [2.24, 2.45) is 0 Å². The minimum Gasteiger partial charge on any atom is -0.456 e. The summed E-state index contributed by atoms with van der Waals surface area (Å²) in [6, 6.07) is 11.1. The summed E-state index contributed by atoms with van der Waals surface area (Å²) in [4.78, 5) is 10.1. The SMILES string of the molecule is C[C@@H](O)c1ccc(Oc2ccc([N+](=O)[O-])cc2)c(Br)c1. The van der Waals surface area contributed by atoms with E-state index in [-0.39, 0.29) is 5.69 Å². The average Bonchev–Trinajstić information content (AvgIpc) is 2.41. The first kappa shape index (κ1) is 14.5. The molecule has 0 aliphatic heterocycles. The Morgan fingerprint density at radius 3 is 2.40 bits per heavy atom. The van der Waals surface area contributed by atoms with E-state index >= 15 is 0 Å². The van der Waals surface area contributed by atoms with Gasteiger partial charge in [-0.3, -0.25) is 10.1 Å². The summed E-state index contributed by atoms with van der Waals surface area (Å²) in [7, 11) is 0. The molecule has 1 atom stereocenters. The first-order valence-electron chi connectivity index (χ1n) is 5.87. The number of ether oxygens (including phenoxy) is 1. The van der Waals surface area contributed by atoms with Crippen LogP contribution in [0.1, 0.15) is 18.6 Å². The van der Waals surface area contributed by atoms with E-state index in [1.165, 1.54) is 24.3 Å². The zero-order chi connectivity index (χ0) is 14.7. The Labute approximate surface area is 124 Å². The fourth-order valence-corrected chi connectivity index (χ4v) is 2.10. The Morgan fingerprint density at radius 1 is 1.25 bits per heavy atom. The largest absolute Gasteiger partial charge is 0.456 e. The Hall–Kier alpha value is -1.92. The first-order valence-corrected chi connectivity index (χ1v) is 6.66. The van der Waals surface area contributed by atoms with Crippen molar-refractivity contribution in [1.29, 1.82) is 0 Å². The molecule has 0 fully saturated rings. The van der Waals surface area contributed by atoms with Crippen LogP contribution in [0, 0.1) is 10.1 Å². The maximum absolute atomic E-state index is 10.6. The van der Waals surface area contributed by atoms with Crippen molar-refractivity contribution >= 4 is 21.6 Å². The molecule has 20 heavy (non-hydrogen) atoms. The van der Waals surface area contributed by atoms with Gasteiger partial charge in [-0.05, 0) is 52.7 Å². The number of nitro benzene ring substituents is 1. The molecule has 6 heteroatoms. The second-order valence-electron chi connectivity index (χ2n) is 4.22. The predicted molar refractivity (Wildman–Crippen MR) is 77.9 cm³/mol. The van der Waals surface area contributed by atoms with Crippen molar-refractivity contribution in [2.75, 3.05) is 0 Å². The van der Waals surface area contributed by atoms with Crippen molar-refractivity contribution < 1.29 is 14.8 Å². The third-order valence-electron chi connectivity index (χ3n) is 2.71. The molecule has 0 amide bonds. The van der Waals surface area contributed by atoms with Crippen LogP contribution >= 0.6 is 15.9 Å². The number of hydrogen-bond acceptors (Lipinski definition) is 4. The summed E-state index contributed by atoms with van der Waals surface area (Å²) in [5, 5.41) is 20.0. The molecule has 0 unspecified atom stereocenters. The topological polar surface area (TPSA) is 72.6 Å². The zero-order valence-corrected chi connectivity index (χ0v) is 12.2. The summed E-state index contributed by atoms with van der Waals surface area (Å²) in [6.07, 6.45) is -0.556. The molecule has 104 valence electrons. The van der Waals surface area contributed by atoms with Crippen LogP contribution in [0.5, 0.6) is 11.5 Å². The van der Waals surface area contributed by atoms with Crippen LogP contribution in [0.15, 0.2) is 46.9 Å². The van der Waals surface area contributed by atoms with Crippen LogP contribution in [0.25, 0.3) is 0 Å². The second-order valence-corrected chi connectivity index (χ2v) is 5.07. The number of halogens is 1. The van der Waals surface area contributed by atoms with Crippen molar-refractivity contribution in [3.8, 4) is 11.5 Å². The third-order valence-corrected chi connectivity index (χ3v) is 3.33. The van der Waals surface area contributed by atoms with Crippen LogP contribution < -0.4 is 4.74 Å². The van der Waals surface area contributed by atoms with Gasteiger partial charge in [-0.2, -0.15) is 0 Å². The molecule has 0 bridgehead atoms. The highest BCUT2D eigenvalue weighted by atomic mass is 79.9. The van der Waals surface area contributed by atoms with Gasteiger partial charge in [0.2, 0.25) is 0 Å². The average molecular weight is 338 g/mol. The highest BCUT2D eigenvalue weighted by molar-refractivity contribution is 9.10. The predicted octanol–water partition coefficient (Wildman–Crippen LogP) is 4.20. The van der Waals surface area contributed by atoms with E-state index in [2.05, 4.69) is 15.9 Å².